The fraction of sp³-hybridized carbons (Fsp3) is 0.607. The van der Waals surface area contributed by atoms with Gasteiger partial charge >= 0.3 is 5.97 Å². The van der Waals surface area contributed by atoms with Crippen molar-refractivity contribution in [1.29, 1.82) is 0 Å². The highest BCUT2D eigenvalue weighted by Crippen LogP contribution is 2.42. The summed E-state index contributed by atoms with van der Waals surface area (Å²) in [5.41, 5.74) is 1.82. The van der Waals surface area contributed by atoms with E-state index in [0.29, 0.717) is 30.0 Å². The first-order chi connectivity index (χ1) is 18.0. The van der Waals surface area contributed by atoms with Crippen LogP contribution in [0.1, 0.15) is 80.7 Å². The summed E-state index contributed by atoms with van der Waals surface area (Å²) in [6.45, 7) is 0.813. The average Bonchev–Trinajstić information content (AvgIpc) is 3.70. The van der Waals surface area contributed by atoms with Crippen molar-refractivity contribution in [2.45, 2.75) is 88.4 Å². The zero-order valence-electron chi connectivity index (χ0n) is 21.8. The topological polar surface area (TPSA) is 106 Å². The number of aromatic nitrogens is 2. The lowest BCUT2D eigenvalue weighted by molar-refractivity contribution is -0.137. The van der Waals surface area contributed by atoms with Crippen molar-refractivity contribution in [2.75, 3.05) is 20.8 Å². The molecule has 2 aliphatic heterocycles. The number of fused-ring (bicyclic) bond motifs is 2. The molecule has 200 valence electrons. The number of nitrogens with one attached hydrogen (secondary N) is 1. The molecule has 1 saturated carbocycles. The lowest BCUT2D eigenvalue weighted by Gasteiger charge is -2.24. The molecule has 0 unspecified atom stereocenters. The third-order valence-electron chi connectivity index (χ3n) is 8.42. The second-order valence-electron chi connectivity index (χ2n) is 10.6. The predicted octanol–water partition coefficient (Wildman–Crippen LogP) is 4.27. The number of carbonyl (C=O) groups is 2. The zero-order valence-corrected chi connectivity index (χ0v) is 21.8. The molecule has 37 heavy (non-hydrogen) atoms. The Morgan fingerprint density at radius 1 is 1.03 bits per heavy atom. The van der Waals surface area contributed by atoms with Gasteiger partial charge < -0.3 is 19.9 Å². The van der Waals surface area contributed by atoms with Gasteiger partial charge in [-0.3, -0.25) is 19.2 Å². The summed E-state index contributed by atoms with van der Waals surface area (Å²) in [5.74, 6) is 0.0389. The number of rotatable bonds is 11. The number of carbonyl (C=O) groups excluding carboxylic acids is 1. The molecule has 9 heteroatoms. The molecule has 0 radical (unpaired) electrons. The third-order valence-corrected chi connectivity index (χ3v) is 8.42. The van der Waals surface area contributed by atoms with E-state index >= 15 is 0 Å². The maximum atomic E-state index is 13.4. The van der Waals surface area contributed by atoms with Gasteiger partial charge in [-0.15, -0.1) is 0 Å². The van der Waals surface area contributed by atoms with E-state index in [1.54, 1.807) is 20.3 Å². The summed E-state index contributed by atoms with van der Waals surface area (Å²) in [6, 6.07) is 8.37. The predicted molar refractivity (Wildman–Crippen MR) is 139 cm³/mol. The van der Waals surface area contributed by atoms with E-state index in [2.05, 4.69) is 10.2 Å². The minimum absolute atomic E-state index is 0.106. The number of methoxy groups -OCH3 is 2. The molecule has 1 aliphatic carbocycles. The van der Waals surface area contributed by atoms with Gasteiger partial charge in [0.1, 0.15) is 11.5 Å². The fourth-order valence-electron chi connectivity index (χ4n) is 6.61. The van der Waals surface area contributed by atoms with Crippen molar-refractivity contribution in [2.24, 2.45) is 0 Å². The van der Waals surface area contributed by atoms with Crippen LogP contribution >= 0.6 is 0 Å². The van der Waals surface area contributed by atoms with E-state index in [0.717, 1.165) is 43.5 Å². The molecule has 9 nitrogen and oxygen atoms in total. The molecule has 2 bridgehead atoms. The Balaban J connectivity index is 1.40. The number of carboxylic acids is 1. The minimum atomic E-state index is -0.911. The van der Waals surface area contributed by atoms with Crippen molar-refractivity contribution in [3.63, 3.8) is 0 Å². The van der Waals surface area contributed by atoms with E-state index in [-0.39, 0.29) is 24.1 Å². The SMILES string of the molecule is COc1cccc(OC)c1-c1cc(C(=O)N[C@@H](CCN2C3CCC2CC3)CC(=O)O)nn1C1CCCC1. The van der Waals surface area contributed by atoms with E-state index in [4.69, 9.17) is 14.6 Å². The number of carboxylic acid groups (broad SMARTS) is 1. The highest BCUT2D eigenvalue weighted by Gasteiger charge is 2.39. The van der Waals surface area contributed by atoms with Gasteiger partial charge in [0.05, 0.1) is 37.9 Å². The number of amides is 1. The van der Waals surface area contributed by atoms with Crippen LogP contribution in [0.2, 0.25) is 0 Å². The Bertz CT molecular complexity index is 1080. The van der Waals surface area contributed by atoms with Crippen molar-refractivity contribution in [1.82, 2.24) is 20.0 Å². The van der Waals surface area contributed by atoms with Gasteiger partial charge in [0.2, 0.25) is 0 Å². The van der Waals surface area contributed by atoms with Crippen LogP contribution in [0.3, 0.4) is 0 Å². The Kier molecular flexibility index (Phi) is 7.69. The number of hydrogen-bond donors (Lipinski definition) is 2. The molecular formula is C28H38N4O5. The smallest absolute Gasteiger partial charge is 0.305 e. The molecule has 3 fully saturated rings. The third kappa shape index (κ3) is 5.32. The van der Waals surface area contributed by atoms with Crippen LogP contribution in [0, 0.1) is 0 Å². The molecule has 3 aliphatic rings. The summed E-state index contributed by atoms with van der Waals surface area (Å²) in [4.78, 5) is 27.6. The van der Waals surface area contributed by atoms with E-state index in [1.165, 1.54) is 25.7 Å². The minimum Gasteiger partial charge on any atom is -0.496 e. The van der Waals surface area contributed by atoms with E-state index in [9.17, 15) is 14.7 Å². The van der Waals surface area contributed by atoms with Gasteiger partial charge in [0.25, 0.3) is 5.91 Å². The quantitative estimate of drug-likeness (QED) is 0.465. The summed E-state index contributed by atoms with van der Waals surface area (Å²) in [6.07, 6.45) is 9.65. The molecule has 2 aromatic rings. The van der Waals surface area contributed by atoms with Crippen molar-refractivity contribution in [3.05, 3.63) is 30.0 Å². The van der Waals surface area contributed by atoms with Crippen LogP contribution in [0.25, 0.3) is 11.3 Å². The number of benzene rings is 1. The lowest BCUT2D eigenvalue weighted by atomic mass is 10.0. The number of hydrogen-bond acceptors (Lipinski definition) is 6. The largest absolute Gasteiger partial charge is 0.496 e. The van der Waals surface area contributed by atoms with Crippen molar-refractivity contribution < 1.29 is 24.2 Å². The first kappa shape index (κ1) is 25.6. The van der Waals surface area contributed by atoms with Crippen LogP contribution in [0.4, 0.5) is 0 Å². The van der Waals surface area contributed by atoms with Gasteiger partial charge in [0.15, 0.2) is 5.69 Å². The number of nitrogens with zero attached hydrogens (tertiary/aromatic N) is 3. The van der Waals surface area contributed by atoms with Crippen LogP contribution in [0.15, 0.2) is 24.3 Å². The van der Waals surface area contributed by atoms with Crippen LogP contribution < -0.4 is 14.8 Å². The molecule has 2 saturated heterocycles. The molecular weight excluding hydrogens is 472 g/mol. The molecule has 1 aromatic heterocycles. The van der Waals surface area contributed by atoms with E-state index < -0.39 is 12.0 Å². The van der Waals surface area contributed by atoms with Crippen molar-refractivity contribution >= 4 is 11.9 Å². The lowest BCUT2D eigenvalue weighted by Crippen LogP contribution is -2.40. The van der Waals surface area contributed by atoms with Gasteiger partial charge in [-0.25, -0.2) is 0 Å². The summed E-state index contributed by atoms with van der Waals surface area (Å²) < 4.78 is 13.2. The Labute approximate surface area is 218 Å². The fourth-order valence-corrected chi connectivity index (χ4v) is 6.61. The summed E-state index contributed by atoms with van der Waals surface area (Å²) in [5, 5.41) is 17.3. The normalized spacial score (nSPS) is 22.3. The standard InChI is InChI=1S/C28H38N4O5/c1-36-24-8-5-9-25(37-2)27(24)23-17-22(30-32(23)21-6-3-4-7-21)28(35)29-18(16-26(33)34)14-15-31-19-10-11-20(31)13-12-19/h5,8-9,17-21H,3-4,6-7,10-16H2,1-2H3,(H,29,35)(H,33,34)/t18-,19?,20?/m0/s1. The van der Waals surface area contributed by atoms with Gasteiger partial charge in [-0.2, -0.15) is 5.10 Å². The monoisotopic (exact) mass is 510 g/mol. The number of ether oxygens (including phenoxy) is 2. The zero-order chi connectivity index (χ0) is 25.9. The molecule has 1 atom stereocenters. The van der Waals surface area contributed by atoms with Gasteiger partial charge in [-0.1, -0.05) is 18.9 Å². The van der Waals surface area contributed by atoms with Gasteiger partial charge in [0, 0.05) is 24.7 Å². The highest BCUT2D eigenvalue weighted by molar-refractivity contribution is 5.94. The first-order valence-corrected chi connectivity index (χ1v) is 13.6. The molecule has 5 rings (SSSR count). The second-order valence-corrected chi connectivity index (χ2v) is 10.6. The Hall–Kier alpha value is -3.07. The Morgan fingerprint density at radius 2 is 1.65 bits per heavy atom. The first-order valence-electron chi connectivity index (χ1n) is 13.6. The molecule has 3 heterocycles. The number of aliphatic carboxylic acids is 1. The highest BCUT2D eigenvalue weighted by atomic mass is 16.5. The Morgan fingerprint density at radius 3 is 2.22 bits per heavy atom. The van der Waals surface area contributed by atoms with Crippen molar-refractivity contribution in [3.8, 4) is 22.8 Å². The molecule has 2 N–H and O–H groups in total. The molecule has 1 amide bonds. The van der Waals surface area contributed by atoms with Crippen LogP contribution in [-0.2, 0) is 4.79 Å². The van der Waals surface area contributed by atoms with Crippen LogP contribution in [-0.4, -0.2) is 70.6 Å². The average molecular weight is 511 g/mol. The molecule has 0 spiro atoms. The maximum absolute atomic E-state index is 13.4. The van der Waals surface area contributed by atoms with Gasteiger partial charge in [-0.05, 0) is 63.1 Å². The summed E-state index contributed by atoms with van der Waals surface area (Å²) in [7, 11) is 3.23. The second kappa shape index (κ2) is 11.1. The van der Waals surface area contributed by atoms with Crippen LogP contribution in [0.5, 0.6) is 11.5 Å². The molecule has 1 aromatic carbocycles. The summed E-state index contributed by atoms with van der Waals surface area (Å²) >= 11 is 0. The maximum Gasteiger partial charge on any atom is 0.305 e. The van der Waals surface area contributed by atoms with E-state index in [1.807, 2.05) is 22.9 Å².